The number of benzene rings is 1. The van der Waals surface area contributed by atoms with Gasteiger partial charge in [0.2, 0.25) is 0 Å². The highest BCUT2D eigenvalue weighted by Crippen LogP contribution is 2.26. The normalized spacial score (nSPS) is 10.4. The average Bonchev–Trinajstić information content (AvgIpc) is 3.26. The van der Waals surface area contributed by atoms with Gasteiger partial charge in [-0.15, -0.1) is 22.7 Å². The van der Waals surface area contributed by atoms with Crippen LogP contribution in [-0.2, 0) is 6.54 Å². The van der Waals surface area contributed by atoms with Gasteiger partial charge in [-0.3, -0.25) is 5.32 Å². The predicted molar refractivity (Wildman–Crippen MR) is 98.9 cm³/mol. The number of thiazole rings is 1. The average molecular weight is 359 g/mol. The van der Waals surface area contributed by atoms with Crippen molar-refractivity contribution < 1.29 is 9.53 Å². The Hall–Kier alpha value is -2.38. The van der Waals surface area contributed by atoms with Crippen LogP contribution >= 0.6 is 22.7 Å². The third kappa shape index (κ3) is 4.33. The first-order valence-electron chi connectivity index (χ1n) is 7.50. The number of hydrogen-bond donors (Lipinski definition) is 2. The van der Waals surface area contributed by atoms with E-state index < -0.39 is 0 Å². The summed E-state index contributed by atoms with van der Waals surface area (Å²) in [7, 11) is 0. The molecule has 7 heteroatoms. The number of nitrogens with zero attached hydrogens (tertiary/aromatic N) is 1. The van der Waals surface area contributed by atoms with Crippen molar-refractivity contribution in [1.29, 1.82) is 0 Å². The summed E-state index contributed by atoms with van der Waals surface area (Å²) in [5.74, 6) is 0.836. The molecule has 2 heterocycles. The highest BCUT2D eigenvalue weighted by Gasteiger charge is 2.08. The van der Waals surface area contributed by atoms with Crippen molar-refractivity contribution >= 4 is 33.8 Å². The summed E-state index contributed by atoms with van der Waals surface area (Å²) >= 11 is 3.01. The first-order chi connectivity index (χ1) is 11.7. The minimum atomic E-state index is -0.254. The van der Waals surface area contributed by atoms with E-state index in [1.807, 2.05) is 54.1 Å². The van der Waals surface area contributed by atoms with Gasteiger partial charge < -0.3 is 10.1 Å². The van der Waals surface area contributed by atoms with Crippen molar-refractivity contribution in [3.05, 3.63) is 52.0 Å². The number of hydrogen-bond acceptors (Lipinski definition) is 5. The van der Waals surface area contributed by atoms with Gasteiger partial charge in [0.1, 0.15) is 5.75 Å². The summed E-state index contributed by atoms with van der Waals surface area (Å²) in [6.45, 7) is 3.11. The van der Waals surface area contributed by atoms with E-state index in [-0.39, 0.29) is 6.03 Å². The van der Waals surface area contributed by atoms with Gasteiger partial charge in [-0.05, 0) is 42.6 Å². The lowest BCUT2D eigenvalue weighted by Gasteiger charge is -2.04. The molecule has 0 radical (unpaired) electrons. The molecule has 0 aliphatic carbocycles. The Morgan fingerprint density at radius 3 is 2.75 bits per heavy atom. The van der Waals surface area contributed by atoms with Crippen molar-refractivity contribution in [2.45, 2.75) is 13.5 Å². The smallest absolute Gasteiger partial charge is 0.321 e. The SMILES string of the molecule is CCOc1ccc(-c2csc(NC(=O)NCc3cccs3)n2)cc1. The van der Waals surface area contributed by atoms with Crippen molar-refractivity contribution in [2.24, 2.45) is 0 Å². The molecule has 2 aromatic heterocycles. The number of aromatic nitrogens is 1. The Labute approximate surface area is 148 Å². The zero-order valence-corrected chi connectivity index (χ0v) is 14.7. The number of anilines is 1. The van der Waals surface area contributed by atoms with E-state index in [4.69, 9.17) is 4.74 Å². The van der Waals surface area contributed by atoms with E-state index >= 15 is 0 Å². The molecule has 2 N–H and O–H groups in total. The number of thiophene rings is 1. The van der Waals surface area contributed by atoms with E-state index in [2.05, 4.69) is 15.6 Å². The van der Waals surface area contributed by atoms with Gasteiger partial charge in [0.25, 0.3) is 0 Å². The fraction of sp³-hybridized carbons (Fsp3) is 0.176. The highest BCUT2D eigenvalue weighted by atomic mass is 32.1. The highest BCUT2D eigenvalue weighted by molar-refractivity contribution is 7.14. The number of carbonyl (C=O) groups is 1. The number of carbonyl (C=O) groups excluding carboxylic acids is 1. The number of amides is 2. The van der Waals surface area contributed by atoms with E-state index in [9.17, 15) is 4.79 Å². The molecule has 0 bridgehead atoms. The van der Waals surface area contributed by atoms with Gasteiger partial charge in [-0.25, -0.2) is 9.78 Å². The molecule has 0 atom stereocenters. The van der Waals surface area contributed by atoms with Crippen LogP contribution in [0, 0.1) is 0 Å². The molecule has 1 aromatic carbocycles. The number of ether oxygens (including phenoxy) is 1. The number of rotatable bonds is 6. The number of urea groups is 1. The predicted octanol–water partition coefficient (Wildman–Crippen LogP) is 4.59. The first kappa shape index (κ1) is 16.5. The van der Waals surface area contributed by atoms with Gasteiger partial charge in [0, 0.05) is 15.8 Å². The van der Waals surface area contributed by atoms with Gasteiger partial charge in [-0.2, -0.15) is 0 Å². The quantitative estimate of drug-likeness (QED) is 0.676. The van der Waals surface area contributed by atoms with Crippen LogP contribution in [0.15, 0.2) is 47.2 Å². The summed E-state index contributed by atoms with van der Waals surface area (Å²) in [6.07, 6.45) is 0. The van der Waals surface area contributed by atoms with Crippen LogP contribution in [0.1, 0.15) is 11.8 Å². The van der Waals surface area contributed by atoms with Crippen LogP contribution in [0.4, 0.5) is 9.93 Å². The lowest BCUT2D eigenvalue weighted by Crippen LogP contribution is -2.27. The molecule has 3 rings (SSSR count). The molecular weight excluding hydrogens is 342 g/mol. The van der Waals surface area contributed by atoms with Crippen LogP contribution in [0.25, 0.3) is 11.3 Å². The Balaban J connectivity index is 1.57. The maximum atomic E-state index is 11.9. The van der Waals surface area contributed by atoms with Crippen molar-refractivity contribution in [1.82, 2.24) is 10.3 Å². The second-order valence-electron chi connectivity index (χ2n) is 4.88. The zero-order chi connectivity index (χ0) is 16.8. The maximum absolute atomic E-state index is 11.9. The van der Waals surface area contributed by atoms with Crippen LogP contribution in [0.3, 0.4) is 0 Å². The van der Waals surface area contributed by atoms with Crippen LogP contribution < -0.4 is 15.4 Å². The van der Waals surface area contributed by atoms with E-state index in [0.717, 1.165) is 21.9 Å². The molecule has 3 aromatic rings. The fourth-order valence-electron chi connectivity index (χ4n) is 2.07. The first-order valence-corrected chi connectivity index (χ1v) is 9.26. The molecule has 124 valence electrons. The van der Waals surface area contributed by atoms with Gasteiger partial charge in [0.05, 0.1) is 18.8 Å². The van der Waals surface area contributed by atoms with E-state index in [0.29, 0.717) is 18.3 Å². The van der Waals surface area contributed by atoms with Gasteiger partial charge >= 0.3 is 6.03 Å². The molecule has 0 spiro atoms. The Morgan fingerprint density at radius 2 is 2.04 bits per heavy atom. The van der Waals surface area contributed by atoms with Crippen LogP contribution in [0.2, 0.25) is 0 Å². The Kier molecular flexibility index (Phi) is 5.45. The standard InChI is InChI=1S/C17H17N3O2S2/c1-2-22-13-7-5-12(6-8-13)15-11-24-17(19-15)20-16(21)18-10-14-4-3-9-23-14/h3-9,11H,2,10H2,1H3,(H2,18,19,20,21). The molecular formula is C17H17N3O2S2. The lowest BCUT2D eigenvalue weighted by molar-refractivity contribution is 0.252. The molecule has 0 unspecified atom stereocenters. The summed E-state index contributed by atoms with van der Waals surface area (Å²) in [6, 6.07) is 11.4. The molecule has 5 nitrogen and oxygen atoms in total. The molecule has 0 saturated carbocycles. The van der Waals surface area contributed by atoms with E-state index in [1.54, 1.807) is 11.3 Å². The Morgan fingerprint density at radius 1 is 1.21 bits per heavy atom. The second-order valence-corrected chi connectivity index (χ2v) is 6.77. The molecule has 2 amide bonds. The van der Waals surface area contributed by atoms with Crippen molar-refractivity contribution in [3.8, 4) is 17.0 Å². The third-order valence-corrected chi connectivity index (χ3v) is 4.82. The van der Waals surface area contributed by atoms with Crippen molar-refractivity contribution in [3.63, 3.8) is 0 Å². The van der Waals surface area contributed by atoms with Crippen molar-refractivity contribution in [2.75, 3.05) is 11.9 Å². The van der Waals surface area contributed by atoms with Gasteiger partial charge in [0.15, 0.2) is 5.13 Å². The lowest BCUT2D eigenvalue weighted by atomic mass is 10.2. The summed E-state index contributed by atoms with van der Waals surface area (Å²) < 4.78 is 5.43. The fourth-order valence-corrected chi connectivity index (χ4v) is 3.43. The summed E-state index contributed by atoms with van der Waals surface area (Å²) in [5, 5.41) is 10.1. The molecule has 24 heavy (non-hydrogen) atoms. The maximum Gasteiger partial charge on any atom is 0.321 e. The minimum absolute atomic E-state index is 0.254. The molecule has 0 aliphatic heterocycles. The third-order valence-electron chi connectivity index (χ3n) is 3.19. The van der Waals surface area contributed by atoms with Crippen LogP contribution in [0.5, 0.6) is 5.75 Å². The molecule has 0 aliphatic rings. The summed E-state index contributed by atoms with van der Waals surface area (Å²) in [5.41, 5.74) is 1.82. The number of nitrogens with one attached hydrogen (secondary N) is 2. The Bertz CT molecular complexity index is 783. The van der Waals surface area contributed by atoms with Gasteiger partial charge in [-0.1, -0.05) is 6.07 Å². The molecule has 0 saturated heterocycles. The summed E-state index contributed by atoms with van der Waals surface area (Å²) in [4.78, 5) is 17.5. The second kappa shape index (κ2) is 7.94. The minimum Gasteiger partial charge on any atom is -0.494 e. The van der Waals surface area contributed by atoms with Crippen LogP contribution in [-0.4, -0.2) is 17.6 Å². The molecule has 0 fully saturated rings. The topological polar surface area (TPSA) is 63.2 Å². The monoisotopic (exact) mass is 359 g/mol. The van der Waals surface area contributed by atoms with E-state index in [1.165, 1.54) is 11.3 Å². The largest absolute Gasteiger partial charge is 0.494 e. The zero-order valence-electron chi connectivity index (χ0n) is 13.1.